The van der Waals surface area contributed by atoms with Crippen LogP contribution in [0.15, 0.2) is 22.7 Å². The van der Waals surface area contributed by atoms with E-state index >= 15 is 0 Å². The summed E-state index contributed by atoms with van der Waals surface area (Å²) in [4.78, 5) is 0. The Hall–Kier alpha value is -1.97. The molecule has 0 unspecified atom stereocenters. The Balaban J connectivity index is 2.11. The summed E-state index contributed by atoms with van der Waals surface area (Å²) in [6.45, 7) is 0. The Bertz CT molecular complexity index is 561. The van der Waals surface area contributed by atoms with E-state index < -0.39 is 0 Å². The van der Waals surface area contributed by atoms with Gasteiger partial charge in [0.2, 0.25) is 5.88 Å². The molecule has 1 aliphatic rings. The van der Waals surface area contributed by atoms with Crippen LogP contribution in [0, 0.1) is 0 Å². The Labute approximate surface area is 99.0 Å². The third-order valence-electron chi connectivity index (χ3n) is 3.26. The maximum atomic E-state index is 10.0. The van der Waals surface area contributed by atoms with Crippen molar-refractivity contribution in [1.82, 2.24) is 5.16 Å². The van der Waals surface area contributed by atoms with E-state index in [1.54, 1.807) is 6.07 Å². The van der Waals surface area contributed by atoms with Crippen molar-refractivity contribution in [2.75, 3.05) is 5.73 Å². The second-order valence-corrected chi connectivity index (χ2v) is 4.46. The summed E-state index contributed by atoms with van der Waals surface area (Å²) in [5, 5.41) is 13.8. The van der Waals surface area contributed by atoms with Gasteiger partial charge in [0.15, 0.2) is 0 Å². The van der Waals surface area contributed by atoms with Gasteiger partial charge in [-0.1, -0.05) is 5.16 Å². The van der Waals surface area contributed by atoms with Gasteiger partial charge in [-0.25, -0.2) is 0 Å². The van der Waals surface area contributed by atoms with Gasteiger partial charge in [0.25, 0.3) is 0 Å². The van der Waals surface area contributed by atoms with Gasteiger partial charge >= 0.3 is 0 Å². The van der Waals surface area contributed by atoms with Gasteiger partial charge in [0.05, 0.1) is 0 Å². The number of anilines is 1. The highest BCUT2D eigenvalue weighted by atomic mass is 16.5. The van der Waals surface area contributed by atoms with Crippen LogP contribution >= 0.6 is 0 Å². The Morgan fingerprint density at radius 3 is 2.47 bits per heavy atom. The first-order valence-corrected chi connectivity index (χ1v) is 5.81. The van der Waals surface area contributed by atoms with Crippen molar-refractivity contribution in [1.29, 1.82) is 0 Å². The van der Waals surface area contributed by atoms with E-state index in [0.717, 1.165) is 12.8 Å². The van der Waals surface area contributed by atoms with Gasteiger partial charge in [-0.2, -0.15) is 0 Å². The highest BCUT2D eigenvalue weighted by Gasteiger charge is 2.16. The molecule has 0 atom stereocenters. The molecule has 4 heteroatoms. The number of hydrogen-bond acceptors (Lipinski definition) is 4. The predicted molar refractivity (Wildman–Crippen MR) is 64.7 cm³/mol. The van der Waals surface area contributed by atoms with Crippen LogP contribution in [0.5, 0.6) is 5.75 Å². The number of nitrogen functional groups attached to an aromatic ring is 1. The topological polar surface area (TPSA) is 72.3 Å². The molecule has 1 aromatic heterocycles. The standard InChI is InChI=1S/C13H14N2O2/c14-13-7-11(15-17-13)10-5-8-3-1-2-4-9(8)6-12(10)16/h5-7,16H,1-4,14H2. The Morgan fingerprint density at radius 1 is 1.12 bits per heavy atom. The summed E-state index contributed by atoms with van der Waals surface area (Å²) in [6.07, 6.45) is 4.51. The molecule has 3 rings (SSSR count). The molecular formula is C13H14N2O2. The van der Waals surface area contributed by atoms with Crippen LogP contribution in [0.25, 0.3) is 11.3 Å². The molecule has 0 saturated heterocycles. The quantitative estimate of drug-likeness (QED) is 0.789. The summed E-state index contributed by atoms with van der Waals surface area (Å²) < 4.78 is 4.83. The molecule has 4 nitrogen and oxygen atoms in total. The molecular weight excluding hydrogens is 216 g/mol. The van der Waals surface area contributed by atoms with Crippen molar-refractivity contribution < 1.29 is 9.63 Å². The van der Waals surface area contributed by atoms with E-state index in [1.807, 2.05) is 12.1 Å². The van der Waals surface area contributed by atoms with Crippen LogP contribution in [-0.4, -0.2) is 10.3 Å². The average Bonchev–Trinajstić information content (AvgIpc) is 2.75. The zero-order chi connectivity index (χ0) is 11.8. The van der Waals surface area contributed by atoms with Gasteiger partial charge in [0, 0.05) is 11.6 Å². The minimum Gasteiger partial charge on any atom is -0.507 e. The lowest BCUT2D eigenvalue weighted by Crippen LogP contribution is -2.02. The fourth-order valence-electron chi connectivity index (χ4n) is 2.39. The lowest BCUT2D eigenvalue weighted by atomic mass is 9.89. The Morgan fingerprint density at radius 2 is 1.82 bits per heavy atom. The number of benzene rings is 1. The van der Waals surface area contributed by atoms with E-state index in [1.165, 1.54) is 24.0 Å². The summed E-state index contributed by atoms with van der Waals surface area (Å²) in [7, 11) is 0. The zero-order valence-corrected chi connectivity index (χ0v) is 9.44. The smallest absolute Gasteiger partial charge is 0.222 e. The number of nitrogens with zero attached hydrogens (tertiary/aromatic N) is 1. The van der Waals surface area contributed by atoms with Crippen molar-refractivity contribution in [3.63, 3.8) is 0 Å². The third kappa shape index (κ3) is 1.75. The van der Waals surface area contributed by atoms with E-state index in [9.17, 15) is 5.11 Å². The molecule has 0 amide bonds. The molecule has 2 aromatic rings. The Kier molecular flexibility index (Phi) is 2.28. The lowest BCUT2D eigenvalue weighted by molar-refractivity contribution is 0.437. The van der Waals surface area contributed by atoms with Gasteiger partial charge in [-0.15, -0.1) is 0 Å². The largest absolute Gasteiger partial charge is 0.507 e. The molecule has 3 N–H and O–H groups in total. The van der Waals surface area contributed by atoms with E-state index in [4.69, 9.17) is 10.3 Å². The van der Waals surface area contributed by atoms with Crippen molar-refractivity contribution >= 4 is 5.88 Å². The van der Waals surface area contributed by atoms with Crippen LogP contribution in [0.4, 0.5) is 5.88 Å². The van der Waals surface area contributed by atoms with Gasteiger partial charge in [0.1, 0.15) is 11.4 Å². The number of phenols is 1. The summed E-state index contributed by atoms with van der Waals surface area (Å²) in [6, 6.07) is 5.47. The number of aryl methyl sites for hydroxylation is 2. The first kappa shape index (κ1) is 10.2. The first-order chi connectivity index (χ1) is 8.24. The minimum atomic E-state index is 0.249. The van der Waals surface area contributed by atoms with Gasteiger partial charge in [-0.05, 0) is 48.9 Å². The fourth-order valence-corrected chi connectivity index (χ4v) is 2.39. The maximum absolute atomic E-state index is 10.0. The molecule has 0 aliphatic heterocycles. The maximum Gasteiger partial charge on any atom is 0.222 e. The summed E-state index contributed by atoms with van der Waals surface area (Å²) >= 11 is 0. The number of aromatic hydroxyl groups is 1. The number of nitrogens with two attached hydrogens (primary N) is 1. The van der Waals surface area contributed by atoms with Crippen LogP contribution in [0.1, 0.15) is 24.0 Å². The molecule has 17 heavy (non-hydrogen) atoms. The number of aromatic nitrogens is 1. The number of phenolic OH excluding ortho intramolecular Hbond substituents is 1. The summed E-state index contributed by atoms with van der Waals surface area (Å²) in [5.41, 5.74) is 9.33. The lowest BCUT2D eigenvalue weighted by Gasteiger charge is -2.17. The highest BCUT2D eigenvalue weighted by Crippen LogP contribution is 2.34. The van der Waals surface area contributed by atoms with E-state index in [0.29, 0.717) is 11.3 Å². The predicted octanol–water partition coefficient (Wildman–Crippen LogP) is 2.51. The molecule has 0 radical (unpaired) electrons. The van der Waals surface area contributed by atoms with Gasteiger partial charge in [-0.3, -0.25) is 0 Å². The third-order valence-corrected chi connectivity index (χ3v) is 3.26. The van der Waals surface area contributed by atoms with Crippen LogP contribution in [0.2, 0.25) is 0 Å². The molecule has 0 bridgehead atoms. The second kappa shape index (κ2) is 3.80. The average molecular weight is 230 g/mol. The van der Waals surface area contributed by atoms with Crippen molar-refractivity contribution in [2.24, 2.45) is 0 Å². The SMILES string of the molecule is Nc1cc(-c2cc3c(cc2O)CCCC3)no1. The zero-order valence-electron chi connectivity index (χ0n) is 9.44. The van der Waals surface area contributed by atoms with Crippen LogP contribution < -0.4 is 5.73 Å². The molecule has 0 fully saturated rings. The second-order valence-electron chi connectivity index (χ2n) is 4.46. The summed E-state index contributed by atoms with van der Waals surface area (Å²) in [5.74, 6) is 0.510. The number of fused-ring (bicyclic) bond motifs is 1. The van der Waals surface area contributed by atoms with Crippen LogP contribution in [-0.2, 0) is 12.8 Å². The molecule has 88 valence electrons. The normalized spacial score (nSPS) is 14.6. The molecule has 1 aliphatic carbocycles. The highest BCUT2D eigenvalue weighted by molar-refractivity contribution is 5.70. The van der Waals surface area contributed by atoms with Crippen molar-refractivity contribution in [2.45, 2.75) is 25.7 Å². The minimum absolute atomic E-state index is 0.249. The van der Waals surface area contributed by atoms with E-state index in [-0.39, 0.29) is 11.6 Å². The fraction of sp³-hybridized carbons (Fsp3) is 0.308. The number of hydrogen-bond donors (Lipinski definition) is 2. The van der Waals surface area contributed by atoms with Crippen molar-refractivity contribution in [3.05, 3.63) is 29.3 Å². The van der Waals surface area contributed by atoms with Crippen LogP contribution in [0.3, 0.4) is 0 Å². The van der Waals surface area contributed by atoms with Crippen molar-refractivity contribution in [3.8, 4) is 17.0 Å². The molecule has 1 aromatic carbocycles. The molecule has 0 saturated carbocycles. The monoisotopic (exact) mass is 230 g/mol. The van der Waals surface area contributed by atoms with E-state index in [2.05, 4.69) is 5.16 Å². The van der Waals surface area contributed by atoms with Gasteiger partial charge < -0.3 is 15.4 Å². The molecule has 0 spiro atoms. The first-order valence-electron chi connectivity index (χ1n) is 5.81. The molecule has 1 heterocycles. The number of rotatable bonds is 1.